The standard InChI is InChI=1S/C15H16INO3S2/c1-8(2)7-17-14(19)12(22-15(17)21)6-9-4-10(16)13(18)11(5-9)20-3/h4-6,8,18H,7H2,1-3H3. The highest BCUT2D eigenvalue weighted by Gasteiger charge is 2.32. The van der Waals surface area contributed by atoms with Gasteiger partial charge in [-0.3, -0.25) is 9.69 Å². The number of phenolic OH excluding ortho intramolecular Hbond substituents is 1. The number of hydrogen-bond acceptors (Lipinski definition) is 5. The van der Waals surface area contributed by atoms with Crippen molar-refractivity contribution in [2.45, 2.75) is 13.8 Å². The molecule has 0 aromatic heterocycles. The molecule has 1 aliphatic heterocycles. The van der Waals surface area contributed by atoms with Gasteiger partial charge in [0.25, 0.3) is 5.91 Å². The molecule has 1 aromatic carbocycles. The Kier molecular flexibility index (Phi) is 5.73. The number of amides is 1. The topological polar surface area (TPSA) is 49.8 Å². The minimum atomic E-state index is -0.0641. The van der Waals surface area contributed by atoms with Gasteiger partial charge >= 0.3 is 0 Å². The fourth-order valence-electron chi connectivity index (χ4n) is 2.01. The molecule has 1 fully saturated rings. The van der Waals surface area contributed by atoms with Gasteiger partial charge in [-0.25, -0.2) is 0 Å². The minimum Gasteiger partial charge on any atom is -0.504 e. The molecule has 0 aliphatic carbocycles. The van der Waals surface area contributed by atoms with Crippen LogP contribution in [0, 0.1) is 9.49 Å². The summed E-state index contributed by atoms with van der Waals surface area (Å²) in [4.78, 5) is 14.7. The van der Waals surface area contributed by atoms with E-state index in [1.54, 1.807) is 23.1 Å². The molecule has 0 bridgehead atoms. The number of halogens is 1. The van der Waals surface area contributed by atoms with Crippen LogP contribution in [-0.4, -0.2) is 33.9 Å². The Hall–Kier alpha value is -0.800. The third-order valence-electron chi connectivity index (χ3n) is 2.99. The maximum absolute atomic E-state index is 12.4. The zero-order valence-electron chi connectivity index (χ0n) is 12.4. The zero-order valence-corrected chi connectivity index (χ0v) is 16.2. The lowest BCUT2D eigenvalue weighted by Gasteiger charge is -2.16. The number of nitrogens with zero attached hydrogens (tertiary/aromatic N) is 1. The quantitative estimate of drug-likeness (QED) is 0.430. The third-order valence-corrected chi connectivity index (χ3v) is 5.19. The number of hydrogen-bond donors (Lipinski definition) is 1. The summed E-state index contributed by atoms with van der Waals surface area (Å²) >= 11 is 8.62. The molecule has 0 spiro atoms. The molecular formula is C15H16INO3S2. The van der Waals surface area contributed by atoms with Gasteiger partial charge < -0.3 is 9.84 Å². The van der Waals surface area contributed by atoms with Crippen molar-refractivity contribution in [3.8, 4) is 11.5 Å². The molecule has 1 amide bonds. The molecule has 1 aliphatic rings. The van der Waals surface area contributed by atoms with Gasteiger partial charge in [-0.1, -0.05) is 37.8 Å². The van der Waals surface area contributed by atoms with Crippen LogP contribution in [0.2, 0.25) is 0 Å². The normalized spacial score (nSPS) is 17.0. The molecule has 1 N–H and O–H groups in total. The summed E-state index contributed by atoms with van der Waals surface area (Å²) in [6, 6.07) is 3.50. The molecule has 0 unspecified atom stereocenters. The van der Waals surface area contributed by atoms with Gasteiger partial charge in [0.05, 0.1) is 15.6 Å². The Morgan fingerprint density at radius 1 is 1.50 bits per heavy atom. The van der Waals surface area contributed by atoms with Crippen LogP contribution in [0.15, 0.2) is 17.0 Å². The van der Waals surface area contributed by atoms with Crippen molar-refractivity contribution < 1.29 is 14.6 Å². The molecule has 1 heterocycles. The van der Waals surface area contributed by atoms with Gasteiger partial charge in [-0.05, 0) is 52.3 Å². The third kappa shape index (κ3) is 3.75. The van der Waals surface area contributed by atoms with Crippen molar-refractivity contribution in [2.75, 3.05) is 13.7 Å². The lowest BCUT2D eigenvalue weighted by Crippen LogP contribution is -2.31. The van der Waals surface area contributed by atoms with Crippen LogP contribution in [0.1, 0.15) is 19.4 Å². The number of benzene rings is 1. The van der Waals surface area contributed by atoms with Crippen molar-refractivity contribution in [2.24, 2.45) is 5.92 Å². The van der Waals surface area contributed by atoms with Gasteiger partial charge in [-0.15, -0.1) is 0 Å². The van der Waals surface area contributed by atoms with Gasteiger partial charge in [0, 0.05) is 6.54 Å². The van der Waals surface area contributed by atoms with E-state index in [1.165, 1.54) is 18.9 Å². The summed E-state index contributed by atoms with van der Waals surface area (Å²) in [6.45, 7) is 4.73. The van der Waals surface area contributed by atoms with Crippen molar-refractivity contribution in [1.82, 2.24) is 4.90 Å². The van der Waals surface area contributed by atoms with E-state index < -0.39 is 0 Å². The summed E-state index contributed by atoms with van der Waals surface area (Å²) in [5, 5.41) is 9.86. The SMILES string of the molecule is COc1cc(C=C2SC(=S)N(CC(C)C)C2=O)cc(I)c1O. The maximum Gasteiger partial charge on any atom is 0.266 e. The van der Waals surface area contributed by atoms with E-state index in [0.717, 1.165) is 5.56 Å². The summed E-state index contributed by atoms with van der Waals surface area (Å²) in [5.41, 5.74) is 0.795. The number of carbonyl (C=O) groups excluding carboxylic acids is 1. The average molecular weight is 449 g/mol. The second-order valence-electron chi connectivity index (χ2n) is 5.24. The fraction of sp³-hybridized carbons (Fsp3) is 0.333. The molecule has 0 radical (unpaired) electrons. The molecule has 1 aromatic rings. The Morgan fingerprint density at radius 2 is 2.18 bits per heavy atom. The lowest BCUT2D eigenvalue weighted by atomic mass is 10.1. The van der Waals surface area contributed by atoms with E-state index in [9.17, 15) is 9.90 Å². The molecule has 1 saturated heterocycles. The number of thioether (sulfide) groups is 1. The highest BCUT2D eigenvalue weighted by atomic mass is 127. The lowest BCUT2D eigenvalue weighted by molar-refractivity contribution is -0.122. The van der Waals surface area contributed by atoms with E-state index in [1.807, 2.05) is 22.6 Å². The maximum atomic E-state index is 12.4. The molecule has 118 valence electrons. The van der Waals surface area contributed by atoms with Gasteiger partial charge in [0.1, 0.15) is 4.32 Å². The molecule has 0 atom stereocenters. The van der Waals surface area contributed by atoms with Crippen molar-refractivity contribution in [1.29, 1.82) is 0 Å². The Labute approximate surface area is 153 Å². The number of phenols is 1. The van der Waals surface area contributed by atoms with E-state index in [2.05, 4.69) is 13.8 Å². The van der Waals surface area contributed by atoms with Crippen LogP contribution in [0.3, 0.4) is 0 Å². The van der Waals surface area contributed by atoms with Crippen LogP contribution in [0.25, 0.3) is 6.08 Å². The predicted octanol–water partition coefficient (Wildman–Crippen LogP) is 3.86. The van der Waals surface area contributed by atoms with Gasteiger partial charge in [0.15, 0.2) is 11.5 Å². The van der Waals surface area contributed by atoms with Crippen LogP contribution in [0.4, 0.5) is 0 Å². The Morgan fingerprint density at radius 3 is 2.77 bits per heavy atom. The second kappa shape index (κ2) is 7.18. The molecule has 0 saturated carbocycles. The number of methoxy groups -OCH3 is 1. The second-order valence-corrected chi connectivity index (χ2v) is 8.08. The predicted molar refractivity (Wildman–Crippen MR) is 102 cm³/mol. The zero-order chi connectivity index (χ0) is 16.4. The van der Waals surface area contributed by atoms with E-state index in [-0.39, 0.29) is 11.7 Å². The first-order valence-electron chi connectivity index (χ1n) is 6.65. The smallest absolute Gasteiger partial charge is 0.266 e. The van der Waals surface area contributed by atoms with Crippen molar-refractivity contribution in [3.63, 3.8) is 0 Å². The highest BCUT2D eigenvalue weighted by Crippen LogP contribution is 2.36. The number of ether oxygens (including phenoxy) is 1. The molecule has 4 nitrogen and oxygen atoms in total. The number of aromatic hydroxyl groups is 1. The van der Waals surface area contributed by atoms with Crippen LogP contribution in [0.5, 0.6) is 11.5 Å². The van der Waals surface area contributed by atoms with E-state index in [4.69, 9.17) is 17.0 Å². The largest absolute Gasteiger partial charge is 0.504 e. The summed E-state index contributed by atoms with van der Waals surface area (Å²) < 4.78 is 6.40. The highest BCUT2D eigenvalue weighted by molar-refractivity contribution is 14.1. The first-order valence-corrected chi connectivity index (χ1v) is 8.95. The number of thiocarbonyl (C=S) groups is 1. The fourth-order valence-corrected chi connectivity index (χ4v) is 3.91. The number of rotatable bonds is 4. The van der Waals surface area contributed by atoms with E-state index in [0.29, 0.717) is 31.0 Å². The average Bonchev–Trinajstić information content (AvgIpc) is 2.70. The number of carbonyl (C=O) groups is 1. The summed E-state index contributed by atoms with van der Waals surface area (Å²) in [7, 11) is 1.50. The van der Waals surface area contributed by atoms with Crippen LogP contribution >= 0.6 is 46.6 Å². The Bertz CT molecular complexity index is 658. The van der Waals surface area contributed by atoms with Crippen LogP contribution < -0.4 is 4.74 Å². The van der Waals surface area contributed by atoms with Crippen LogP contribution in [-0.2, 0) is 4.79 Å². The first-order chi connectivity index (χ1) is 10.3. The van der Waals surface area contributed by atoms with Crippen molar-refractivity contribution >= 4 is 62.9 Å². The summed E-state index contributed by atoms with van der Waals surface area (Å²) in [6.07, 6.45) is 1.78. The van der Waals surface area contributed by atoms with Gasteiger partial charge in [-0.2, -0.15) is 0 Å². The molecule has 2 rings (SSSR count). The monoisotopic (exact) mass is 449 g/mol. The minimum absolute atomic E-state index is 0.0641. The van der Waals surface area contributed by atoms with Crippen molar-refractivity contribution in [3.05, 3.63) is 26.2 Å². The Balaban J connectivity index is 2.33. The molecule has 22 heavy (non-hydrogen) atoms. The van der Waals surface area contributed by atoms with E-state index >= 15 is 0 Å². The summed E-state index contributed by atoms with van der Waals surface area (Å²) in [5.74, 6) is 0.783. The molecule has 7 heteroatoms. The molecular weight excluding hydrogens is 433 g/mol. The van der Waals surface area contributed by atoms with Gasteiger partial charge in [0.2, 0.25) is 0 Å². The first kappa shape index (κ1) is 17.6.